The normalized spacial score (nSPS) is 21.6. The number of piperazine rings is 1. The van der Waals surface area contributed by atoms with E-state index in [1.165, 1.54) is 0 Å². The number of morpholine rings is 1. The molecule has 10 nitrogen and oxygen atoms in total. The molecule has 3 saturated heterocycles. The Morgan fingerprint density at radius 2 is 1.75 bits per heavy atom. The molecule has 3 aromatic rings. The molecule has 0 unspecified atom stereocenters. The number of para-hydroxylation sites is 1. The largest absolute Gasteiger partial charge is 0.378 e. The third kappa shape index (κ3) is 4.92. The Balaban J connectivity index is 1.11. The molecule has 6 rings (SSSR count). The molecule has 2 aromatic heterocycles. The Bertz CT molecular complexity index is 1390. The number of ether oxygens (including phenoxy) is 1. The Morgan fingerprint density at radius 1 is 1.02 bits per heavy atom. The first-order chi connectivity index (χ1) is 19.2. The zero-order chi connectivity index (χ0) is 28.0. The van der Waals surface area contributed by atoms with Crippen molar-refractivity contribution in [3.05, 3.63) is 60.0 Å². The lowest BCUT2D eigenvalue weighted by Crippen LogP contribution is -2.59. The topological polar surface area (TPSA) is 111 Å². The molecule has 0 radical (unpaired) electrons. The van der Waals surface area contributed by atoms with E-state index in [4.69, 9.17) is 4.74 Å². The zero-order valence-corrected chi connectivity index (χ0v) is 23.2. The number of carbonyl (C=O) groups is 3. The van der Waals surface area contributed by atoms with Crippen molar-refractivity contribution in [1.29, 1.82) is 0 Å². The van der Waals surface area contributed by atoms with Crippen molar-refractivity contribution in [3.63, 3.8) is 0 Å². The molecular formula is C30H36N6O4. The Morgan fingerprint density at radius 3 is 2.40 bits per heavy atom. The first-order valence-electron chi connectivity index (χ1n) is 14.0. The summed E-state index contributed by atoms with van der Waals surface area (Å²) in [6.45, 7) is 9.79. The summed E-state index contributed by atoms with van der Waals surface area (Å²) in [5.41, 5.74) is 2.21. The van der Waals surface area contributed by atoms with Crippen molar-refractivity contribution in [3.8, 4) is 0 Å². The molecule has 2 bridgehead atoms. The van der Waals surface area contributed by atoms with Gasteiger partial charge in [0.1, 0.15) is 17.4 Å². The van der Waals surface area contributed by atoms with Gasteiger partial charge in [-0.2, -0.15) is 0 Å². The second-order valence-electron chi connectivity index (χ2n) is 12.0. The third-order valence-electron chi connectivity index (χ3n) is 8.29. The predicted molar refractivity (Wildman–Crippen MR) is 151 cm³/mol. The Kier molecular flexibility index (Phi) is 6.74. The van der Waals surface area contributed by atoms with Crippen LogP contribution in [0, 0.1) is 5.41 Å². The fourth-order valence-corrected chi connectivity index (χ4v) is 6.07. The van der Waals surface area contributed by atoms with Crippen molar-refractivity contribution >= 4 is 34.3 Å². The lowest BCUT2D eigenvalue weighted by atomic mass is 9.85. The molecule has 3 atom stereocenters. The fraction of sp³-hybridized carbons (Fsp3) is 0.467. The van der Waals surface area contributed by atoms with E-state index in [0.29, 0.717) is 37.7 Å². The molecule has 40 heavy (non-hydrogen) atoms. The van der Waals surface area contributed by atoms with Crippen LogP contribution in [0.25, 0.3) is 10.9 Å². The second-order valence-corrected chi connectivity index (χ2v) is 12.0. The van der Waals surface area contributed by atoms with E-state index >= 15 is 0 Å². The predicted octanol–water partition coefficient (Wildman–Crippen LogP) is 2.67. The van der Waals surface area contributed by atoms with Gasteiger partial charge in [0.15, 0.2) is 0 Å². The molecule has 10 heteroatoms. The lowest BCUT2D eigenvalue weighted by molar-refractivity contribution is -0.138. The second kappa shape index (κ2) is 10.2. The summed E-state index contributed by atoms with van der Waals surface area (Å²) in [5, 5.41) is 3.94. The van der Waals surface area contributed by atoms with Gasteiger partial charge >= 0.3 is 0 Å². The summed E-state index contributed by atoms with van der Waals surface area (Å²) in [5.74, 6) is -0.519. The maximum Gasteiger partial charge on any atom is 0.272 e. The molecule has 5 heterocycles. The lowest BCUT2D eigenvalue weighted by Gasteiger charge is -2.39. The number of rotatable bonds is 5. The van der Waals surface area contributed by atoms with Gasteiger partial charge in [-0.05, 0) is 36.1 Å². The highest BCUT2D eigenvalue weighted by atomic mass is 16.5. The van der Waals surface area contributed by atoms with Crippen LogP contribution in [0.15, 0.2) is 48.7 Å². The van der Waals surface area contributed by atoms with E-state index in [9.17, 15) is 14.4 Å². The van der Waals surface area contributed by atoms with Crippen LogP contribution < -0.4 is 10.2 Å². The highest BCUT2D eigenvalue weighted by Gasteiger charge is 2.50. The van der Waals surface area contributed by atoms with E-state index in [2.05, 4.69) is 20.2 Å². The highest BCUT2D eigenvalue weighted by molar-refractivity contribution is 6.00. The van der Waals surface area contributed by atoms with E-state index in [1.807, 2.05) is 60.9 Å². The van der Waals surface area contributed by atoms with Crippen LogP contribution in [0.1, 0.15) is 48.2 Å². The third-order valence-corrected chi connectivity index (χ3v) is 8.29. The molecule has 2 N–H and O–H groups in total. The first kappa shape index (κ1) is 26.3. The van der Waals surface area contributed by atoms with Gasteiger partial charge in [0, 0.05) is 37.1 Å². The Hall–Kier alpha value is -3.92. The fourth-order valence-electron chi connectivity index (χ4n) is 6.07. The number of carbonyl (C=O) groups excluding carboxylic acids is 3. The highest BCUT2D eigenvalue weighted by Crippen LogP contribution is 2.34. The monoisotopic (exact) mass is 544 g/mol. The van der Waals surface area contributed by atoms with Gasteiger partial charge in [-0.15, -0.1) is 0 Å². The Labute approximate surface area is 233 Å². The molecular weight excluding hydrogens is 508 g/mol. The van der Waals surface area contributed by atoms with E-state index in [-0.39, 0.29) is 29.8 Å². The molecule has 210 valence electrons. The summed E-state index contributed by atoms with van der Waals surface area (Å²) in [6, 6.07) is 12.4. The number of nitrogens with one attached hydrogen (secondary N) is 2. The quantitative estimate of drug-likeness (QED) is 0.511. The minimum Gasteiger partial charge on any atom is -0.378 e. The molecule has 3 amide bonds. The van der Waals surface area contributed by atoms with Gasteiger partial charge in [0.25, 0.3) is 11.8 Å². The van der Waals surface area contributed by atoms with Crippen LogP contribution in [0.4, 0.5) is 5.69 Å². The summed E-state index contributed by atoms with van der Waals surface area (Å²) in [7, 11) is 0. The first-order valence-corrected chi connectivity index (χ1v) is 14.0. The number of benzene rings is 1. The number of fused-ring (bicyclic) bond motifs is 3. The molecule has 3 aliphatic heterocycles. The number of likely N-dealkylation sites (tertiary alicyclic amines) is 2. The molecule has 0 spiro atoms. The van der Waals surface area contributed by atoms with Crippen LogP contribution in [0.3, 0.4) is 0 Å². The SMILES string of the molecule is CC(C)(C)[C@H](NC(=O)c1cc2ccccc2[nH]1)C(=O)N1C[C@@H]2C[C@H]1CN2C(=O)c1ccc(N2CCOCC2)cn1. The van der Waals surface area contributed by atoms with Crippen molar-refractivity contribution in [2.45, 2.75) is 45.3 Å². The number of H-pyrrole nitrogens is 1. The summed E-state index contributed by atoms with van der Waals surface area (Å²) in [4.78, 5) is 53.9. The van der Waals surface area contributed by atoms with Crippen LogP contribution in [-0.4, -0.2) is 95.0 Å². The van der Waals surface area contributed by atoms with Gasteiger partial charge in [0.2, 0.25) is 5.91 Å². The van der Waals surface area contributed by atoms with E-state index < -0.39 is 11.5 Å². The average Bonchev–Trinajstić information content (AvgIpc) is 3.69. The van der Waals surface area contributed by atoms with Gasteiger partial charge in [-0.3, -0.25) is 14.4 Å². The van der Waals surface area contributed by atoms with Gasteiger partial charge in [-0.25, -0.2) is 4.98 Å². The average molecular weight is 545 g/mol. The van der Waals surface area contributed by atoms with Gasteiger partial charge in [0.05, 0.1) is 37.2 Å². The number of pyridine rings is 1. The van der Waals surface area contributed by atoms with Crippen molar-refractivity contribution in [2.75, 3.05) is 44.3 Å². The van der Waals surface area contributed by atoms with Crippen LogP contribution in [0.2, 0.25) is 0 Å². The summed E-state index contributed by atoms with van der Waals surface area (Å²) in [6.07, 6.45) is 2.49. The van der Waals surface area contributed by atoms with E-state index in [0.717, 1.165) is 36.1 Å². The standard InChI is InChI=1S/C30H36N6O4/c1-30(2,3)26(33-27(37)25-14-19-6-4-5-7-23(19)32-25)29(39)36-18-21-15-22(36)17-35(21)28(38)24-9-8-20(16-31-24)34-10-12-40-13-11-34/h4-9,14,16,21-22,26,32H,10-13,15,17-18H2,1-3H3,(H,33,37)/t21-,22-,26+/m0/s1. The molecule has 0 saturated carbocycles. The summed E-state index contributed by atoms with van der Waals surface area (Å²) < 4.78 is 5.42. The molecule has 1 aromatic carbocycles. The van der Waals surface area contributed by atoms with Crippen LogP contribution in [0.5, 0.6) is 0 Å². The van der Waals surface area contributed by atoms with Gasteiger partial charge < -0.3 is 29.7 Å². The minimum absolute atomic E-state index is 0.0628. The van der Waals surface area contributed by atoms with Crippen LogP contribution in [-0.2, 0) is 9.53 Å². The number of hydrogen-bond donors (Lipinski definition) is 2. The maximum absolute atomic E-state index is 13.8. The minimum atomic E-state index is -0.704. The molecule has 3 fully saturated rings. The molecule has 0 aliphatic carbocycles. The number of nitrogens with zero attached hydrogens (tertiary/aromatic N) is 4. The van der Waals surface area contributed by atoms with Crippen LogP contribution >= 0.6 is 0 Å². The maximum atomic E-state index is 13.8. The van der Waals surface area contributed by atoms with Crippen molar-refractivity contribution < 1.29 is 19.1 Å². The number of aromatic amines is 1. The van der Waals surface area contributed by atoms with Crippen molar-refractivity contribution in [2.24, 2.45) is 5.41 Å². The number of hydrogen-bond acceptors (Lipinski definition) is 6. The smallest absolute Gasteiger partial charge is 0.272 e. The van der Waals surface area contributed by atoms with E-state index in [1.54, 1.807) is 18.3 Å². The molecule has 3 aliphatic rings. The summed E-state index contributed by atoms with van der Waals surface area (Å²) >= 11 is 0. The number of amides is 3. The number of aromatic nitrogens is 2. The van der Waals surface area contributed by atoms with Gasteiger partial charge in [-0.1, -0.05) is 39.0 Å². The number of anilines is 1. The zero-order valence-electron chi connectivity index (χ0n) is 23.2. The van der Waals surface area contributed by atoms with Crippen molar-refractivity contribution in [1.82, 2.24) is 25.1 Å².